The summed E-state index contributed by atoms with van der Waals surface area (Å²) in [5.74, 6) is 0.0482. The summed E-state index contributed by atoms with van der Waals surface area (Å²) in [7, 11) is 0. The van der Waals surface area contributed by atoms with Crippen LogP contribution in [0.1, 0.15) is 23.1 Å². The van der Waals surface area contributed by atoms with Crippen molar-refractivity contribution in [3.63, 3.8) is 0 Å². The van der Waals surface area contributed by atoms with E-state index >= 15 is 0 Å². The number of carbonyl (C=O) groups excluding carboxylic acids is 2. The van der Waals surface area contributed by atoms with E-state index in [4.69, 9.17) is 4.42 Å². The summed E-state index contributed by atoms with van der Waals surface area (Å²) in [6.07, 6.45) is 0. The topological polar surface area (TPSA) is 103 Å². The van der Waals surface area contributed by atoms with Crippen LogP contribution in [0, 0.1) is 6.92 Å². The van der Waals surface area contributed by atoms with E-state index in [0.717, 1.165) is 0 Å². The number of aryl methyl sites for hydroxylation is 1. The van der Waals surface area contributed by atoms with Crippen LogP contribution in [0.2, 0.25) is 0 Å². The van der Waals surface area contributed by atoms with E-state index in [1.165, 1.54) is 23.1 Å². The second-order valence-electron chi connectivity index (χ2n) is 5.40. The number of carbonyl (C=O) groups is 2. The van der Waals surface area contributed by atoms with Gasteiger partial charge in [-0.3, -0.25) is 9.59 Å². The summed E-state index contributed by atoms with van der Waals surface area (Å²) in [5.41, 5.74) is 0.411. The van der Waals surface area contributed by atoms with Gasteiger partial charge in [0, 0.05) is 0 Å². The number of hydrogen-bond donors (Lipinski definition) is 3. The summed E-state index contributed by atoms with van der Waals surface area (Å²) in [6.45, 7) is 1.86. The molecule has 1 saturated heterocycles. The Hall–Kier alpha value is -2.96. The first kappa shape index (κ1) is 15.0. The monoisotopic (exact) mass is 316 g/mol. The Morgan fingerprint density at radius 1 is 1.22 bits per heavy atom. The number of hydrogen-bond acceptors (Lipinski definition) is 5. The second kappa shape index (κ2) is 5.68. The molecule has 1 fully saturated rings. The molecule has 2 aromatic rings. The minimum atomic E-state index is -0.895. The summed E-state index contributed by atoms with van der Waals surface area (Å²) in [4.78, 5) is 25.9. The fraction of sp³-hybridized carbons (Fsp3) is 0.250. The van der Waals surface area contributed by atoms with Crippen LogP contribution in [0.25, 0.3) is 0 Å². The highest BCUT2D eigenvalue weighted by atomic mass is 16.3. The van der Waals surface area contributed by atoms with Crippen LogP contribution < -0.4 is 5.32 Å². The minimum absolute atomic E-state index is 0.0842. The van der Waals surface area contributed by atoms with Crippen LogP contribution in [-0.2, 0) is 16.1 Å². The maximum atomic E-state index is 12.3. The Labute approximate surface area is 132 Å². The molecule has 1 aliphatic heterocycles. The van der Waals surface area contributed by atoms with Gasteiger partial charge in [0.15, 0.2) is 11.5 Å². The lowest BCUT2D eigenvalue weighted by Crippen LogP contribution is -2.53. The quantitative estimate of drug-likeness (QED) is 0.738. The van der Waals surface area contributed by atoms with Gasteiger partial charge in [0.1, 0.15) is 17.6 Å². The molecule has 1 aliphatic rings. The Balaban J connectivity index is 1.96. The van der Waals surface area contributed by atoms with E-state index in [9.17, 15) is 19.8 Å². The Bertz CT molecular complexity index is 768. The first-order chi connectivity index (χ1) is 11.0. The van der Waals surface area contributed by atoms with Crippen LogP contribution in [0.5, 0.6) is 11.5 Å². The van der Waals surface area contributed by atoms with Crippen molar-refractivity contribution in [3.05, 3.63) is 47.4 Å². The predicted octanol–water partition coefficient (Wildman–Crippen LogP) is 1.20. The van der Waals surface area contributed by atoms with E-state index in [1.54, 1.807) is 19.1 Å². The lowest BCUT2D eigenvalue weighted by atomic mass is 10.0. The fourth-order valence-electron chi connectivity index (χ4n) is 2.61. The first-order valence-corrected chi connectivity index (χ1v) is 7.10. The molecule has 7 heteroatoms. The molecule has 2 heterocycles. The van der Waals surface area contributed by atoms with E-state index in [1.807, 2.05) is 0 Å². The van der Waals surface area contributed by atoms with Crippen molar-refractivity contribution in [2.75, 3.05) is 6.54 Å². The molecule has 2 amide bonds. The number of benzene rings is 1. The standard InChI is InChI=1S/C16H16N2O5/c1-9-2-4-11(23-9)8-18-14(21)7-17-16(22)15(18)10-3-5-12(19)13(20)6-10/h2-6,15,19-20H,7-8H2,1H3,(H,17,22). The van der Waals surface area contributed by atoms with Gasteiger partial charge in [0.25, 0.3) is 0 Å². The van der Waals surface area contributed by atoms with Gasteiger partial charge in [-0.2, -0.15) is 0 Å². The summed E-state index contributed by atoms with van der Waals surface area (Å²) in [5, 5.41) is 21.6. The predicted molar refractivity (Wildman–Crippen MR) is 79.5 cm³/mol. The highest BCUT2D eigenvalue weighted by Gasteiger charge is 2.36. The highest BCUT2D eigenvalue weighted by molar-refractivity contribution is 5.95. The zero-order valence-corrected chi connectivity index (χ0v) is 12.4. The maximum Gasteiger partial charge on any atom is 0.247 e. The van der Waals surface area contributed by atoms with Gasteiger partial charge in [0.2, 0.25) is 11.8 Å². The molecule has 1 unspecified atom stereocenters. The Kier molecular flexibility index (Phi) is 3.69. The number of amides is 2. The third-order valence-corrected chi connectivity index (χ3v) is 3.73. The number of rotatable bonds is 3. The van der Waals surface area contributed by atoms with E-state index in [2.05, 4.69) is 5.32 Å². The minimum Gasteiger partial charge on any atom is -0.504 e. The number of phenolic OH excluding ortho intramolecular Hbond substituents is 2. The van der Waals surface area contributed by atoms with Crippen LogP contribution in [-0.4, -0.2) is 33.5 Å². The molecular formula is C16H16N2O5. The van der Waals surface area contributed by atoms with Crippen molar-refractivity contribution in [1.82, 2.24) is 10.2 Å². The molecule has 7 nitrogen and oxygen atoms in total. The molecule has 0 bridgehead atoms. The lowest BCUT2D eigenvalue weighted by Gasteiger charge is -2.34. The van der Waals surface area contributed by atoms with Crippen molar-refractivity contribution < 1.29 is 24.2 Å². The van der Waals surface area contributed by atoms with Crippen LogP contribution in [0.3, 0.4) is 0 Å². The summed E-state index contributed by atoms with van der Waals surface area (Å²) < 4.78 is 5.48. The molecule has 1 aromatic carbocycles. The molecule has 1 aromatic heterocycles. The molecule has 3 N–H and O–H groups in total. The third kappa shape index (κ3) is 2.85. The van der Waals surface area contributed by atoms with E-state index in [-0.39, 0.29) is 36.4 Å². The molecule has 0 spiro atoms. The van der Waals surface area contributed by atoms with Crippen LogP contribution in [0.15, 0.2) is 34.7 Å². The largest absolute Gasteiger partial charge is 0.504 e. The van der Waals surface area contributed by atoms with E-state index in [0.29, 0.717) is 17.1 Å². The Morgan fingerprint density at radius 3 is 2.65 bits per heavy atom. The van der Waals surface area contributed by atoms with Gasteiger partial charge in [0.05, 0.1) is 13.1 Å². The zero-order chi connectivity index (χ0) is 16.6. The lowest BCUT2D eigenvalue weighted by molar-refractivity contribution is -0.146. The molecule has 0 radical (unpaired) electrons. The normalized spacial score (nSPS) is 18.1. The van der Waals surface area contributed by atoms with Gasteiger partial charge in [-0.25, -0.2) is 0 Å². The average Bonchev–Trinajstić information content (AvgIpc) is 2.92. The second-order valence-corrected chi connectivity index (χ2v) is 5.40. The molecular weight excluding hydrogens is 300 g/mol. The third-order valence-electron chi connectivity index (χ3n) is 3.73. The van der Waals surface area contributed by atoms with Gasteiger partial charge in [-0.1, -0.05) is 6.07 Å². The van der Waals surface area contributed by atoms with E-state index < -0.39 is 6.04 Å². The molecule has 0 aliphatic carbocycles. The van der Waals surface area contributed by atoms with Crippen molar-refractivity contribution in [2.45, 2.75) is 19.5 Å². The number of nitrogens with one attached hydrogen (secondary N) is 1. The average molecular weight is 316 g/mol. The fourth-order valence-corrected chi connectivity index (χ4v) is 2.61. The molecule has 3 rings (SSSR count). The number of phenols is 2. The van der Waals surface area contributed by atoms with Crippen molar-refractivity contribution in [1.29, 1.82) is 0 Å². The molecule has 0 saturated carbocycles. The van der Waals surface area contributed by atoms with Crippen molar-refractivity contribution in [3.8, 4) is 11.5 Å². The summed E-state index contributed by atoms with van der Waals surface area (Å²) in [6, 6.07) is 6.70. The van der Waals surface area contributed by atoms with Crippen LogP contribution in [0.4, 0.5) is 0 Å². The number of piperazine rings is 1. The highest BCUT2D eigenvalue weighted by Crippen LogP contribution is 2.32. The van der Waals surface area contributed by atoms with Gasteiger partial charge in [-0.05, 0) is 36.8 Å². The zero-order valence-electron chi connectivity index (χ0n) is 12.4. The van der Waals surface area contributed by atoms with Crippen molar-refractivity contribution in [2.24, 2.45) is 0 Å². The van der Waals surface area contributed by atoms with Crippen molar-refractivity contribution >= 4 is 11.8 Å². The smallest absolute Gasteiger partial charge is 0.247 e. The summed E-state index contributed by atoms with van der Waals surface area (Å²) >= 11 is 0. The van der Waals surface area contributed by atoms with Crippen LogP contribution >= 0.6 is 0 Å². The number of aromatic hydroxyl groups is 2. The molecule has 1 atom stereocenters. The van der Waals surface area contributed by atoms with Gasteiger partial charge in [-0.15, -0.1) is 0 Å². The number of furan rings is 1. The molecule has 23 heavy (non-hydrogen) atoms. The van der Waals surface area contributed by atoms with Gasteiger partial charge >= 0.3 is 0 Å². The SMILES string of the molecule is Cc1ccc(CN2C(=O)CNC(=O)C2c2ccc(O)c(O)c2)o1. The number of nitrogens with zero attached hydrogens (tertiary/aromatic N) is 1. The van der Waals surface area contributed by atoms with Gasteiger partial charge < -0.3 is 24.8 Å². The first-order valence-electron chi connectivity index (χ1n) is 7.10. The molecule has 120 valence electrons. The maximum absolute atomic E-state index is 12.3. The Morgan fingerprint density at radius 2 is 2.00 bits per heavy atom.